The lowest BCUT2D eigenvalue weighted by atomic mass is 10.2. The minimum Gasteiger partial charge on any atom is -0.494 e. The lowest BCUT2D eigenvalue weighted by Crippen LogP contribution is -2.10. The topological polar surface area (TPSA) is 67.2 Å². The number of hydrazone groups is 1. The Morgan fingerprint density at radius 3 is 2.67 bits per heavy atom. The van der Waals surface area contributed by atoms with Gasteiger partial charge in [-0.05, 0) is 49.0 Å². The van der Waals surface area contributed by atoms with E-state index in [2.05, 4.69) is 20.8 Å². The molecule has 6 nitrogen and oxygen atoms in total. The average Bonchev–Trinajstić information content (AvgIpc) is 2.98. The first-order chi connectivity index (χ1) is 11.8. The fourth-order valence-electron chi connectivity index (χ4n) is 2.15. The second-order valence-electron chi connectivity index (χ2n) is 4.91. The van der Waals surface area contributed by atoms with Crippen molar-refractivity contribution in [1.29, 1.82) is 0 Å². The van der Waals surface area contributed by atoms with Crippen molar-refractivity contribution in [2.24, 2.45) is 5.10 Å². The predicted molar refractivity (Wildman–Crippen MR) is 97.4 cm³/mol. The van der Waals surface area contributed by atoms with Crippen LogP contribution in [0.5, 0.6) is 5.75 Å². The molecule has 0 aliphatic heterocycles. The van der Waals surface area contributed by atoms with Crippen LogP contribution in [0.3, 0.4) is 0 Å². The standard InChI is InChI=1S/C17H17N5OS/c1-2-23-15-10-8-14(9-11-15)16-19-20-17(24)22(16)21-18-12-13-6-4-3-5-7-13/h3-12,21H,2H2,1H3,(H,20,24)/b18-12-. The largest absolute Gasteiger partial charge is 0.494 e. The van der Waals surface area contributed by atoms with Gasteiger partial charge in [0.05, 0.1) is 12.8 Å². The Morgan fingerprint density at radius 1 is 1.21 bits per heavy atom. The summed E-state index contributed by atoms with van der Waals surface area (Å²) in [6, 6.07) is 17.4. The molecule has 24 heavy (non-hydrogen) atoms. The molecule has 2 N–H and O–H groups in total. The van der Waals surface area contributed by atoms with Crippen molar-refractivity contribution < 1.29 is 4.74 Å². The summed E-state index contributed by atoms with van der Waals surface area (Å²) in [5.74, 6) is 1.46. The molecule has 0 saturated heterocycles. The minimum atomic E-state index is 0.434. The monoisotopic (exact) mass is 339 g/mol. The Hall–Kier alpha value is -2.93. The van der Waals surface area contributed by atoms with Crippen molar-refractivity contribution in [2.75, 3.05) is 12.1 Å². The summed E-state index contributed by atoms with van der Waals surface area (Å²) in [6.45, 7) is 2.58. The number of nitrogens with one attached hydrogen (secondary N) is 2. The lowest BCUT2D eigenvalue weighted by Gasteiger charge is -2.07. The first kappa shape index (κ1) is 15.9. The number of aromatic amines is 1. The van der Waals surface area contributed by atoms with Gasteiger partial charge in [-0.15, -0.1) is 0 Å². The molecule has 0 aliphatic rings. The van der Waals surface area contributed by atoms with Crippen molar-refractivity contribution in [3.63, 3.8) is 0 Å². The molecule has 0 fully saturated rings. The molecule has 3 rings (SSSR count). The quantitative estimate of drug-likeness (QED) is 0.409. The van der Waals surface area contributed by atoms with Crippen LogP contribution < -0.4 is 10.3 Å². The zero-order valence-corrected chi connectivity index (χ0v) is 14.0. The maximum Gasteiger partial charge on any atom is 0.216 e. The third-order valence-electron chi connectivity index (χ3n) is 3.27. The number of hydrogen-bond acceptors (Lipinski definition) is 5. The van der Waals surface area contributed by atoms with Gasteiger partial charge >= 0.3 is 0 Å². The van der Waals surface area contributed by atoms with Gasteiger partial charge in [0.1, 0.15) is 5.75 Å². The molecule has 0 atom stereocenters. The Labute approximate surface area is 144 Å². The molecule has 0 saturated carbocycles. The zero-order chi connectivity index (χ0) is 16.8. The molecule has 122 valence electrons. The third kappa shape index (κ3) is 3.69. The van der Waals surface area contributed by atoms with E-state index in [1.807, 2.05) is 61.5 Å². The fourth-order valence-corrected chi connectivity index (χ4v) is 2.32. The van der Waals surface area contributed by atoms with E-state index in [1.165, 1.54) is 0 Å². The van der Waals surface area contributed by atoms with E-state index in [1.54, 1.807) is 10.9 Å². The summed E-state index contributed by atoms with van der Waals surface area (Å²) >= 11 is 5.25. The number of ether oxygens (including phenoxy) is 1. The smallest absolute Gasteiger partial charge is 0.216 e. The summed E-state index contributed by atoms with van der Waals surface area (Å²) in [5, 5.41) is 11.2. The van der Waals surface area contributed by atoms with E-state index in [4.69, 9.17) is 17.0 Å². The number of nitrogens with zero attached hydrogens (tertiary/aromatic N) is 3. The number of hydrogen-bond donors (Lipinski definition) is 2. The molecule has 0 bridgehead atoms. The van der Waals surface area contributed by atoms with E-state index in [-0.39, 0.29) is 0 Å². The van der Waals surface area contributed by atoms with Gasteiger partial charge in [-0.2, -0.15) is 14.9 Å². The van der Waals surface area contributed by atoms with Crippen molar-refractivity contribution >= 4 is 18.4 Å². The van der Waals surface area contributed by atoms with Gasteiger partial charge < -0.3 is 4.74 Å². The Morgan fingerprint density at radius 2 is 1.96 bits per heavy atom. The molecule has 2 aromatic carbocycles. The number of aromatic nitrogens is 3. The van der Waals surface area contributed by atoms with E-state index in [0.717, 1.165) is 16.9 Å². The summed E-state index contributed by atoms with van der Waals surface area (Å²) in [5.41, 5.74) is 4.79. The maximum absolute atomic E-state index is 5.45. The SMILES string of the molecule is CCOc1ccc(-c2n[nH]c(=S)n2N/N=C\c2ccccc2)cc1. The minimum absolute atomic E-state index is 0.434. The molecule has 0 unspecified atom stereocenters. The van der Waals surface area contributed by atoms with E-state index >= 15 is 0 Å². The summed E-state index contributed by atoms with van der Waals surface area (Å²) in [4.78, 5) is 0. The molecular formula is C17H17N5OS. The van der Waals surface area contributed by atoms with Gasteiger partial charge in [-0.25, -0.2) is 10.6 Å². The van der Waals surface area contributed by atoms with Gasteiger partial charge in [0.25, 0.3) is 0 Å². The number of benzene rings is 2. The highest BCUT2D eigenvalue weighted by atomic mass is 32.1. The first-order valence-corrected chi connectivity index (χ1v) is 7.93. The van der Waals surface area contributed by atoms with Crippen LogP contribution in [0.4, 0.5) is 0 Å². The molecule has 3 aromatic rings. The lowest BCUT2D eigenvalue weighted by molar-refractivity contribution is 0.340. The average molecular weight is 339 g/mol. The summed E-state index contributed by atoms with van der Waals surface area (Å²) in [7, 11) is 0. The normalized spacial score (nSPS) is 10.9. The first-order valence-electron chi connectivity index (χ1n) is 7.52. The van der Waals surface area contributed by atoms with Crippen molar-refractivity contribution in [1.82, 2.24) is 14.9 Å². The Balaban J connectivity index is 1.81. The molecular weight excluding hydrogens is 322 g/mol. The Kier molecular flexibility index (Phi) is 5.02. The van der Waals surface area contributed by atoms with Crippen molar-refractivity contribution in [3.05, 3.63) is 64.9 Å². The number of rotatable bonds is 6. The van der Waals surface area contributed by atoms with Gasteiger partial charge in [-0.3, -0.25) is 0 Å². The summed E-state index contributed by atoms with van der Waals surface area (Å²) < 4.78 is 7.50. The van der Waals surface area contributed by atoms with Crippen LogP contribution >= 0.6 is 12.2 Å². The Bertz CT molecular complexity index is 868. The highest BCUT2D eigenvalue weighted by Gasteiger charge is 2.08. The molecule has 1 aromatic heterocycles. The molecule has 7 heteroatoms. The van der Waals surface area contributed by atoms with Gasteiger partial charge in [-0.1, -0.05) is 30.3 Å². The zero-order valence-electron chi connectivity index (χ0n) is 13.1. The van der Waals surface area contributed by atoms with Crippen LogP contribution in [0.2, 0.25) is 0 Å². The number of H-pyrrole nitrogens is 1. The summed E-state index contributed by atoms with van der Waals surface area (Å²) in [6.07, 6.45) is 1.72. The van der Waals surface area contributed by atoms with Crippen molar-refractivity contribution in [3.8, 4) is 17.1 Å². The molecule has 0 aliphatic carbocycles. The van der Waals surface area contributed by atoms with Gasteiger partial charge in [0.2, 0.25) is 4.77 Å². The van der Waals surface area contributed by atoms with Crippen LogP contribution in [0.1, 0.15) is 12.5 Å². The molecule has 0 radical (unpaired) electrons. The van der Waals surface area contributed by atoms with E-state index < -0.39 is 0 Å². The maximum atomic E-state index is 5.45. The van der Waals surface area contributed by atoms with Gasteiger partial charge in [0, 0.05) is 5.56 Å². The second-order valence-corrected chi connectivity index (χ2v) is 5.30. The van der Waals surface area contributed by atoms with Crippen LogP contribution in [0.25, 0.3) is 11.4 Å². The highest BCUT2D eigenvalue weighted by Crippen LogP contribution is 2.20. The molecule has 1 heterocycles. The van der Waals surface area contributed by atoms with Crippen LogP contribution in [0, 0.1) is 4.77 Å². The highest BCUT2D eigenvalue weighted by molar-refractivity contribution is 7.71. The predicted octanol–water partition coefficient (Wildman–Crippen LogP) is 3.58. The van der Waals surface area contributed by atoms with Crippen LogP contribution in [-0.2, 0) is 0 Å². The van der Waals surface area contributed by atoms with Crippen molar-refractivity contribution in [2.45, 2.75) is 6.92 Å². The van der Waals surface area contributed by atoms with Crippen LogP contribution in [-0.4, -0.2) is 27.7 Å². The van der Waals surface area contributed by atoms with Crippen LogP contribution in [0.15, 0.2) is 59.7 Å². The third-order valence-corrected chi connectivity index (χ3v) is 3.54. The second kappa shape index (κ2) is 7.56. The molecule has 0 spiro atoms. The van der Waals surface area contributed by atoms with E-state index in [9.17, 15) is 0 Å². The van der Waals surface area contributed by atoms with Gasteiger partial charge in [0.15, 0.2) is 5.82 Å². The molecule has 0 amide bonds. The van der Waals surface area contributed by atoms with E-state index in [0.29, 0.717) is 17.2 Å². The fraction of sp³-hybridized carbons (Fsp3) is 0.118.